The summed E-state index contributed by atoms with van der Waals surface area (Å²) < 4.78 is 0. The van der Waals surface area contributed by atoms with E-state index in [1.54, 1.807) is 0 Å². The molecule has 0 unspecified atom stereocenters. The topological polar surface area (TPSA) is 23.1 Å². The van der Waals surface area contributed by atoms with Crippen molar-refractivity contribution >= 4 is 5.76 Å². The van der Waals surface area contributed by atoms with Gasteiger partial charge in [0.05, 0.1) is 0 Å². The average Bonchev–Trinajstić information content (AvgIpc) is 2.29. The molecule has 1 aromatic rings. The van der Waals surface area contributed by atoms with E-state index in [2.05, 4.69) is 13.0 Å². The number of unbranched alkanes of at least 4 members (excludes halogenated alkanes) is 1. The first-order chi connectivity index (χ1) is 7.33. The van der Waals surface area contributed by atoms with E-state index in [4.69, 9.17) is 0 Å². The third kappa shape index (κ3) is 2.73. The van der Waals surface area contributed by atoms with Gasteiger partial charge in [0.1, 0.15) is 0 Å². The standard InChI is InChI=1S/C14H18O.Li/c1-2-3-6-12-10-9-11-7-4-5-8-13(11)14(12)15;/h4-5,7-8,15H,2-3,6,9-10H2,1H3;/q;+1/p-1. The molecule has 0 atom stereocenters. The van der Waals surface area contributed by atoms with Crippen LogP contribution in [0.15, 0.2) is 29.8 Å². The molecule has 0 N–H and O–H groups in total. The first-order valence-electron chi connectivity index (χ1n) is 5.80. The molecule has 80 valence electrons. The smallest absolute Gasteiger partial charge is 0.872 e. The van der Waals surface area contributed by atoms with E-state index in [9.17, 15) is 5.11 Å². The quantitative estimate of drug-likeness (QED) is 0.636. The van der Waals surface area contributed by atoms with E-state index >= 15 is 0 Å². The zero-order chi connectivity index (χ0) is 10.7. The Bertz CT molecular complexity index is 382. The number of aryl methyl sites for hydroxylation is 1. The summed E-state index contributed by atoms with van der Waals surface area (Å²) in [6.07, 6.45) is 5.31. The van der Waals surface area contributed by atoms with Gasteiger partial charge in [0, 0.05) is 0 Å². The number of benzene rings is 1. The molecule has 0 fully saturated rings. The van der Waals surface area contributed by atoms with Gasteiger partial charge in [0.15, 0.2) is 0 Å². The van der Waals surface area contributed by atoms with Gasteiger partial charge in [0.25, 0.3) is 0 Å². The SMILES string of the molecule is CCCCC1=C([O-])c2ccccc2CC1.[Li+]. The molecular formula is C14H17LiO. The van der Waals surface area contributed by atoms with Crippen molar-refractivity contribution < 1.29 is 24.0 Å². The van der Waals surface area contributed by atoms with Crippen LogP contribution in [0.25, 0.3) is 5.76 Å². The molecule has 1 nitrogen and oxygen atoms in total. The van der Waals surface area contributed by atoms with Crippen LogP contribution in [0, 0.1) is 0 Å². The minimum Gasteiger partial charge on any atom is -0.872 e. The Balaban J connectivity index is 0.00000128. The summed E-state index contributed by atoms with van der Waals surface area (Å²) in [7, 11) is 0. The molecular weight excluding hydrogens is 191 g/mol. The Hall–Kier alpha value is -0.643. The molecule has 1 aromatic carbocycles. The molecule has 0 aliphatic heterocycles. The number of hydrogen-bond donors (Lipinski definition) is 0. The maximum absolute atomic E-state index is 12.1. The largest absolute Gasteiger partial charge is 1.00 e. The van der Waals surface area contributed by atoms with E-state index < -0.39 is 0 Å². The van der Waals surface area contributed by atoms with Crippen LogP contribution in [-0.2, 0) is 6.42 Å². The van der Waals surface area contributed by atoms with Crippen molar-refractivity contribution in [3.8, 4) is 0 Å². The normalized spacial score (nSPS) is 14.3. The monoisotopic (exact) mass is 208 g/mol. The van der Waals surface area contributed by atoms with Gasteiger partial charge >= 0.3 is 18.9 Å². The second-order valence-electron chi connectivity index (χ2n) is 4.19. The molecule has 0 radical (unpaired) electrons. The van der Waals surface area contributed by atoms with Crippen molar-refractivity contribution in [2.24, 2.45) is 0 Å². The molecule has 2 heteroatoms. The minimum absolute atomic E-state index is 0. The maximum Gasteiger partial charge on any atom is 1.00 e. The Morgan fingerprint density at radius 1 is 1.19 bits per heavy atom. The second kappa shape index (κ2) is 6.18. The summed E-state index contributed by atoms with van der Waals surface area (Å²) in [6.45, 7) is 2.17. The van der Waals surface area contributed by atoms with Gasteiger partial charge < -0.3 is 5.11 Å². The molecule has 1 aliphatic rings. The van der Waals surface area contributed by atoms with Crippen molar-refractivity contribution in [2.45, 2.75) is 39.0 Å². The molecule has 0 heterocycles. The molecule has 0 aromatic heterocycles. The number of fused-ring (bicyclic) bond motifs is 1. The molecule has 2 rings (SSSR count). The summed E-state index contributed by atoms with van der Waals surface area (Å²) in [5.41, 5.74) is 3.30. The van der Waals surface area contributed by atoms with Crippen LogP contribution >= 0.6 is 0 Å². The first-order valence-corrected chi connectivity index (χ1v) is 5.80. The third-order valence-corrected chi connectivity index (χ3v) is 3.11. The van der Waals surface area contributed by atoms with Crippen LogP contribution in [-0.4, -0.2) is 0 Å². The van der Waals surface area contributed by atoms with E-state index in [-0.39, 0.29) is 18.9 Å². The van der Waals surface area contributed by atoms with E-state index in [1.807, 2.05) is 18.2 Å². The zero-order valence-electron chi connectivity index (χ0n) is 10.3. The molecule has 0 bridgehead atoms. The fourth-order valence-corrected chi connectivity index (χ4v) is 2.18. The van der Waals surface area contributed by atoms with Crippen LogP contribution in [0.5, 0.6) is 0 Å². The fourth-order valence-electron chi connectivity index (χ4n) is 2.18. The van der Waals surface area contributed by atoms with Crippen LogP contribution in [0.3, 0.4) is 0 Å². The second-order valence-corrected chi connectivity index (χ2v) is 4.19. The molecule has 1 aliphatic carbocycles. The summed E-state index contributed by atoms with van der Waals surface area (Å²) in [5.74, 6) is 0.297. The van der Waals surface area contributed by atoms with Gasteiger partial charge in [-0.2, -0.15) is 0 Å². The van der Waals surface area contributed by atoms with Gasteiger partial charge in [0.2, 0.25) is 0 Å². The van der Waals surface area contributed by atoms with E-state index in [0.29, 0.717) is 5.76 Å². The van der Waals surface area contributed by atoms with Crippen molar-refractivity contribution in [1.82, 2.24) is 0 Å². The Morgan fingerprint density at radius 3 is 2.69 bits per heavy atom. The van der Waals surface area contributed by atoms with Crippen LogP contribution in [0.2, 0.25) is 0 Å². The zero-order valence-corrected chi connectivity index (χ0v) is 10.3. The van der Waals surface area contributed by atoms with Gasteiger partial charge in [-0.15, -0.1) is 5.76 Å². The molecule has 0 amide bonds. The summed E-state index contributed by atoms with van der Waals surface area (Å²) in [4.78, 5) is 0. The number of allylic oxidation sites excluding steroid dienone is 1. The third-order valence-electron chi connectivity index (χ3n) is 3.11. The predicted octanol–water partition coefficient (Wildman–Crippen LogP) is -0.102. The summed E-state index contributed by atoms with van der Waals surface area (Å²) in [6, 6.07) is 8.01. The van der Waals surface area contributed by atoms with Gasteiger partial charge in [-0.1, -0.05) is 43.2 Å². The van der Waals surface area contributed by atoms with E-state index in [1.165, 1.54) is 12.0 Å². The molecule has 0 saturated heterocycles. The van der Waals surface area contributed by atoms with Crippen molar-refractivity contribution in [1.29, 1.82) is 0 Å². The number of hydrogen-bond acceptors (Lipinski definition) is 1. The van der Waals surface area contributed by atoms with Gasteiger partial charge in [-0.25, -0.2) is 0 Å². The van der Waals surface area contributed by atoms with Gasteiger partial charge in [-0.05, 0) is 36.8 Å². The van der Waals surface area contributed by atoms with Crippen LogP contribution in [0.4, 0.5) is 0 Å². The minimum atomic E-state index is 0. The summed E-state index contributed by atoms with van der Waals surface area (Å²) in [5, 5.41) is 12.1. The maximum atomic E-state index is 12.1. The Morgan fingerprint density at radius 2 is 1.94 bits per heavy atom. The van der Waals surface area contributed by atoms with Crippen molar-refractivity contribution in [3.05, 3.63) is 41.0 Å². The summed E-state index contributed by atoms with van der Waals surface area (Å²) >= 11 is 0. The number of rotatable bonds is 3. The molecule has 0 spiro atoms. The predicted molar refractivity (Wildman–Crippen MR) is 61.2 cm³/mol. The van der Waals surface area contributed by atoms with Gasteiger partial charge in [-0.3, -0.25) is 0 Å². The van der Waals surface area contributed by atoms with E-state index in [0.717, 1.165) is 36.8 Å². The molecule has 16 heavy (non-hydrogen) atoms. The van der Waals surface area contributed by atoms with Crippen molar-refractivity contribution in [3.63, 3.8) is 0 Å². The fraction of sp³-hybridized carbons (Fsp3) is 0.429. The van der Waals surface area contributed by atoms with Crippen LogP contribution in [0.1, 0.15) is 43.7 Å². The Labute approximate surface area is 110 Å². The van der Waals surface area contributed by atoms with Crippen molar-refractivity contribution in [2.75, 3.05) is 0 Å². The molecule has 0 saturated carbocycles. The van der Waals surface area contributed by atoms with Crippen LogP contribution < -0.4 is 24.0 Å². The average molecular weight is 208 g/mol. The Kier molecular flexibility index (Phi) is 5.19. The first kappa shape index (κ1) is 13.4.